The standard InChI is InChI=1S/C17H27N5O2/c1-3-22-15(12-20-8-4-5-9-20)18-19-16(22)14-6-10-21(11-7-14)17(24)13(2)23/h14H,3-12H2,1-2H3. The van der Waals surface area contributed by atoms with E-state index in [1.807, 2.05) is 0 Å². The minimum Gasteiger partial charge on any atom is -0.336 e. The third kappa shape index (κ3) is 3.50. The van der Waals surface area contributed by atoms with E-state index in [-0.39, 0.29) is 11.7 Å². The second kappa shape index (κ2) is 7.42. The van der Waals surface area contributed by atoms with Crippen molar-refractivity contribution in [3.05, 3.63) is 11.6 Å². The fourth-order valence-electron chi connectivity index (χ4n) is 3.82. The molecule has 132 valence electrons. The molecule has 2 saturated heterocycles. The van der Waals surface area contributed by atoms with Crippen LogP contribution in [0.3, 0.4) is 0 Å². The highest BCUT2D eigenvalue weighted by Gasteiger charge is 2.29. The van der Waals surface area contributed by atoms with E-state index in [9.17, 15) is 9.59 Å². The molecular formula is C17H27N5O2. The molecule has 0 saturated carbocycles. The van der Waals surface area contributed by atoms with Crippen molar-refractivity contribution in [2.45, 2.75) is 58.5 Å². The molecule has 0 bridgehead atoms. The molecule has 2 aliphatic rings. The van der Waals surface area contributed by atoms with Gasteiger partial charge in [-0.15, -0.1) is 10.2 Å². The highest BCUT2D eigenvalue weighted by atomic mass is 16.2. The summed E-state index contributed by atoms with van der Waals surface area (Å²) in [4.78, 5) is 27.1. The van der Waals surface area contributed by atoms with Crippen molar-refractivity contribution in [3.8, 4) is 0 Å². The number of carbonyl (C=O) groups excluding carboxylic acids is 2. The van der Waals surface area contributed by atoms with Gasteiger partial charge in [-0.25, -0.2) is 0 Å². The molecule has 3 heterocycles. The first kappa shape index (κ1) is 17.1. The number of amides is 1. The third-order valence-corrected chi connectivity index (χ3v) is 5.18. The van der Waals surface area contributed by atoms with E-state index in [1.165, 1.54) is 19.8 Å². The molecule has 2 fully saturated rings. The van der Waals surface area contributed by atoms with Gasteiger partial charge in [-0.3, -0.25) is 14.5 Å². The maximum absolute atomic E-state index is 11.8. The van der Waals surface area contributed by atoms with E-state index in [1.54, 1.807) is 4.90 Å². The topological polar surface area (TPSA) is 71.3 Å². The number of ketones is 1. The van der Waals surface area contributed by atoms with Crippen LogP contribution in [0.25, 0.3) is 0 Å². The van der Waals surface area contributed by atoms with Gasteiger partial charge in [0, 0.05) is 32.5 Å². The molecular weight excluding hydrogens is 306 g/mol. The average Bonchev–Trinajstić information content (AvgIpc) is 3.24. The van der Waals surface area contributed by atoms with Crippen molar-refractivity contribution >= 4 is 11.7 Å². The molecule has 3 rings (SSSR count). The predicted octanol–water partition coefficient (Wildman–Crippen LogP) is 1.19. The number of hydrogen-bond donors (Lipinski definition) is 0. The molecule has 7 nitrogen and oxygen atoms in total. The van der Waals surface area contributed by atoms with Crippen molar-refractivity contribution in [1.82, 2.24) is 24.6 Å². The van der Waals surface area contributed by atoms with Crippen LogP contribution in [0.5, 0.6) is 0 Å². The number of piperidine rings is 1. The average molecular weight is 333 g/mol. The fraction of sp³-hybridized carbons (Fsp3) is 0.765. The first-order chi connectivity index (χ1) is 11.6. The number of hydrogen-bond acceptors (Lipinski definition) is 5. The van der Waals surface area contributed by atoms with Gasteiger partial charge in [-0.1, -0.05) is 0 Å². The second-order valence-corrected chi connectivity index (χ2v) is 6.82. The summed E-state index contributed by atoms with van der Waals surface area (Å²) >= 11 is 0. The number of carbonyl (C=O) groups is 2. The van der Waals surface area contributed by atoms with Crippen molar-refractivity contribution in [2.75, 3.05) is 26.2 Å². The van der Waals surface area contributed by atoms with E-state index >= 15 is 0 Å². The smallest absolute Gasteiger partial charge is 0.289 e. The first-order valence-corrected chi connectivity index (χ1v) is 9.04. The SMILES string of the molecule is CCn1c(CN2CCCC2)nnc1C1CCN(C(=O)C(C)=O)CC1. The second-order valence-electron chi connectivity index (χ2n) is 6.82. The lowest BCUT2D eigenvalue weighted by atomic mass is 9.95. The van der Waals surface area contributed by atoms with Gasteiger partial charge in [-0.05, 0) is 45.7 Å². The molecule has 1 amide bonds. The van der Waals surface area contributed by atoms with E-state index in [4.69, 9.17) is 0 Å². The highest BCUT2D eigenvalue weighted by molar-refractivity contribution is 6.35. The lowest BCUT2D eigenvalue weighted by molar-refractivity contribution is -0.144. The van der Waals surface area contributed by atoms with Gasteiger partial charge in [0.05, 0.1) is 6.54 Å². The minimum absolute atomic E-state index is 0.320. The van der Waals surface area contributed by atoms with Crippen LogP contribution in [0.15, 0.2) is 0 Å². The summed E-state index contributed by atoms with van der Waals surface area (Å²) in [5.74, 6) is 1.68. The summed E-state index contributed by atoms with van der Waals surface area (Å²) in [6.45, 7) is 8.78. The Balaban J connectivity index is 1.66. The monoisotopic (exact) mass is 333 g/mol. The lowest BCUT2D eigenvalue weighted by Crippen LogP contribution is -2.41. The van der Waals surface area contributed by atoms with Crippen LogP contribution < -0.4 is 0 Å². The zero-order chi connectivity index (χ0) is 17.1. The Morgan fingerprint density at radius 3 is 2.33 bits per heavy atom. The van der Waals surface area contributed by atoms with Crippen LogP contribution in [0.2, 0.25) is 0 Å². The Kier molecular flexibility index (Phi) is 5.28. The number of nitrogens with zero attached hydrogens (tertiary/aromatic N) is 5. The van der Waals surface area contributed by atoms with Crippen molar-refractivity contribution < 1.29 is 9.59 Å². The van der Waals surface area contributed by atoms with Crippen LogP contribution in [-0.4, -0.2) is 62.4 Å². The summed E-state index contributed by atoms with van der Waals surface area (Å²) in [5, 5.41) is 8.92. The first-order valence-electron chi connectivity index (χ1n) is 9.04. The van der Waals surface area contributed by atoms with E-state index < -0.39 is 0 Å². The summed E-state index contributed by atoms with van der Waals surface area (Å²) in [6.07, 6.45) is 4.24. The van der Waals surface area contributed by atoms with Gasteiger partial charge in [0.2, 0.25) is 5.78 Å². The molecule has 0 N–H and O–H groups in total. The third-order valence-electron chi connectivity index (χ3n) is 5.18. The van der Waals surface area contributed by atoms with Crippen LogP contribution in [0.4, 0.5) is 0 Å². The zero-order valence-corrected chi connectivity index (χ0v) is 14.7. The van der Waals surface area contributed by atoms with Gasteiger partial charge in [0.15, 0.2) is 0 Å². The molecule has 2 aliphatic heterocycles. The van der Waals surface area contributed by atoms with Gasteiger partial charge in [0.1, 0.15) is 11.6 Å². The largest absolute Gasteiger partial charge is 0.336 e. The molecule has 1 aromatic rings. The van der Waals surface area contributed by atoms with E-state index in [2.05, 4.69) is 26.6 Å². The van der Waals surface area contributed by atoms with E-state index in [0.29, 0.717) is 19.0 Å². The van der Waals surface area contributed by atoms with Gasteiger partial charge >= 0.3 is 0 Å². The summed E-state index contributed by atoms with van der Waals surface area (Å²) < 4.78 is 2.24. The summed E-state index contributed by atoms with van der Waals surface area (Å²) in [6, 6.07) is 0. The number of Topliss-reactive ketones (excluding diaryl/α,β-unsaturated/α-hetero) is 1. The fourth-order valence-corrected chi connectivity index (χ4v) is 3.82. The Bertz CT molecular complexity index is 598. The zero-order valence-electron chi connectivity index (χ0n) is 14.7. The highest BCUT2D eigenvalue weighted by Crippen LogP contribution is 2.28. The van der Waals surface area contributed by atoms with Crippen LogP contribution in [-0.2, 0) is 22.7 Å². The Morgan fingerprint density at radius 1 is 1.08 bits per heavy atom. The molecule has 7 heteroatoms. The predicted molar refractivity (Wildman–Crippen MR) is 89.4 cm³/mol. The number of aromatic nitrogens is 3. The van der Waals surface area contributed by atoms with Crippen LogP contribution in [0.1, 0.15) is 57.1 Å². The molecule has 0 unspecified atom stereocenters. The molecule has 0 aliphatic carbocycles. The Morgan fingerprint density at radius 2 is 1.75 bits per heavy atom. The molecule has 0 radical (unpaired) electrons. The maximum atomic E-state index is 11.8. The lowest BCUT2D eigenvalue weighted by Gasteiger charge is -2.31. The number of likely N-dealkylation sites (tertiary alicyclic amines) is 2. The molecule has 24 heavy (non-hydrogen) atoms. The van der Waals surface area contributed by atoms with Gasteiger partial charge < -0.3 is 9.47 Å². The Hall–Kier alpha value is -1.76. The molecule has 0 aromatic carbocycles. The normalized spacial score (nSPS) is 19.8. The molecule has 0 spiro atoms. The Labute approximate surface area is 143 Å². The minimum atomic E-state index is -0.377. The summed E-state index contributed by atoms with van der Waals surface area (Å²) in [7, 11) is 0. The quantitative estimate of drug-likeness (QED) is 0.757. The number of rotatable bonds is 5. The maximum Gasteiger partial charge on any atom is 0.289 e. The van der Waals surface area contributed by atoms with Crippen molar-refractivity contribution in [2.24, 2.45) is 0 Å². The van der Waals surface area contributed by atoms with E-state index in [0.717, 1.165) is 50.7 Å². The van der Waals surface area contributed by atoms with Crippen LogP contribution >= 0.6 is 0 Å². The van der Waals surface area contributed by atoms with Gasteiger partial charge in [0.25, 0.3) is 5.91 Å². The van der Waals surface area contributed by atoms with Crippen LogP contribution in [0, 0.1) is 0 Å². The molecule has 1 aromatic heterocycles. The molecule has 0 atom stereocenters. The summed E-state index contributed by atoms with van der Waals surface area (Å²) in [5.41, 5.74) is 0. The van der Waals surface area contributed by atoms with Crippen molar-refractivity contribution in [1.29, 1.82) is 0 Å². The van der Waals surface area contributed by atoms with Gasteiger partial charge in [-0.2, -0.15) is 0 Å². The van der Waals surface area contributed by atoms with Crippen molar-refractivity contribution in [3.63, 3.8) is 0 Å².